The van der Waals surface area contributed by atoms with Gasteiger partial charge in [0.05, 0.1) is 16.8 Å². The number of nitrogens with zero attached hydrogens (tertiary/aromatic N) is 3. The van der Waals surface area contributed by atoms with Crippen LogP contribution in [0.4, 0.5) is 0 Å². The Morgan fingerprint density at radius 3 is 2.52 bits per heavy atom. The molecule has 0 bridgehead atoms. The Kier molecular flexibility index (Phi) is 3.14. The highest BCUT2D eigenvalue weighted by molar-refractivity contribution is 7.90. The molecule has 1 aliphatic rings. The number of benzene rings is 1. The number of rotatable bonds is 2. The van der Waals surface area contributed by atoms with E-state index < -0.39 is 17.1 Å². The molecule has 2 aromatic rings. The number of aromatic nitrogens is 1. The van der Waals surface area contributed by atoms with E-state index in [-0.39, 0.29) is 4.90 Å². The molecule has 1 aromatic heterocycles. The summed E-state index contributed by atoms with van der Waals surface area (Å²) in [6, 6.07) is 8.12. The van der Waals surface area contributed by atoms with Crippen LogP contribution in [0.2, 0.25) is 0 Å². The Balaban J connectivity index is 2.03. The molecule has 0 spiro atoms. The lowest BCUT2D eigenvalue weighted by Gasteiger charge is -2.24. The molecule has 0 radical (unpaired) electrons. The first-order valence-corrected chi connectivity index (χ1v) is 7.83. The topological polar surface area (TPSA) is 74.9 Å². The Bertz CT molecular complexity index is 812. The van der Waals surface area contributed by atoms with Crippen molar-refractivity contribution >= 4 is 28.8 Å². The fourth-order valence-corrected chi connectivity index (χ4v) is 3.49. The van der Waals surface area contributed by atoms with Gasteiger partial charge in [0.15, 0.2) is 0 Å². The zero-order chi connectivity index (χ0) is 15.2. The van der Waals surface area contributed by atoms with Gasteiger partial charge >= 0.3 is 7.05 Å². The lowest BCUT2D eigenvalue weighted by Crippen LogP contribution is -2.51. The summed E-state index contributed by atoms with van der Waals surface area (Å²) in [7, 11) is -3.40. The highest BCUT2D eigenvalue weighted by Crippen LogP contribution is 2.19. The van der Waals surface area contributed by atoms with Gasteiger partial charge in [0, 0.05) is 18.7 Å². The van der Waals surface area contributed by atoms with Gasteiger partial charge in [-0.25, -0.2) is 8.42 Å². The molecule has 0 unspecified atom stereocenters. The minimum absolute atomic E-state index is 0.101. The molecule has 0 aliphatic carbocycles. The minimum atomic E-state index is -3.89. The molecule has 2 heterocycles. The van der Waals surface area contributed by atoms with Crippen molar-refractivity contribution in [2.24, 2.45) is 12.1 Å². The lowest BCUT2D eigenvalue weighted by molar-refractivity contribution is 0.475. The number of hydrogen-bond donors (Lipinski definition) is 1. The van der Waals surface area contributed by atoms with Crippen LogP contribution in [0, 0.1) is 6.92 Å². The SMILES string of the molecule is Cc1ccc(S(=O)(=O)N2N=Cc3c(ccn3C)B2O)cc1. The number of hydrogen-bond acceptors (Lipinski definition) is 4. The molecular formula is C13H14BN3O3S. The Morgan fingerprint density at radius 2 is 1.86 bits per heavy atom. The average molecular weight is 303 g/mol. The molecule has 1 aliphatic heterocycles. The standard InChI is InChI=1S/C13H14BN3O3S/c1-10-3-5-11(6-4-10)21(19,20)17-14(18)12-7-8-16(2)13(12)9-15-17/h3-9,18H,1-2H3. The van der Waals surface area contributed by atoms with Crippen LogP contribution in [0.1, 0.15) is 11.3 Å². The van der Waals surface area contributed by atoms with E-state index in [0.29, 0.717) is 11.2 Å². The number of aryl methyl sites for hydroxylation is 2. The van der Waals surface area contributed by atoms with Gasteiger partial charge in [0.2, 0.25) is 0 Å². The van der Waals surface area contributed by atoms with Gasteiger partial charge in [-0.2, -0.15) is 9.43 Å². The molecule has 3 rings (SSSR count). The second kappa shape index (κ2) is 4.75. The van der Waals surface area contributed by atoms with Crippen LogP contribution in [-0.2, 0) is 17.1 Å². The predicted molar refractivity (Wildman–Crippen MR) is 80.8 cm³/mol. The van der Waals surface area contributed by atoms with E-state index in [1.807, 2.05) is 14.0 Å². The van der Waals surface area contributed by atoms with Crippen LogP contribution in [-0.4, -0.2) is 35.6 Å². The van der Waals surface area contributed by atoms with E-state index in [9.17, 15) is 13.4 Å². The van der Waals surface area contributed by atoms with Gasteiger partial charge in [-0.3, -0.25) is 0 Å². The monoisotopic (exact) mass is 303 g/mol. The predicted octanol–water partition coefficient (Wildman–Crippen LogP) is 0.0594. The van der Waals surface area contributed by atoms with Crippen molar-refractivity contribution < 1.29 is 13.4 Å². The summed E-state index contributed by atoms with van der Waals surface area (Å²) in [5.41, 5.74) is 2.17. The van der Waals surface area contributed by atoms with Crippen LogP contribution >= 0.6 is 0 Å². The molecule has 8 heteroatoms. The Morgan fingerprint density at radius 1 is 1.19 bits per heavy atom. The summed E-state index contributed by atoms with van der Waals surface area (Å²) in [4.78, 5) is 0.101. The second-order valence-electron chi connectivity index (χ2n) is 4.98. The third kappa shape index (κ3) is 2.16. The smallest absolute Gasteiger partial charge is 0.427 e. The zero-order valence-corrected chi connectivity index (χ0v) is 12.4. The Labute approximate surface area is 123 Å². The van der Waals surface area contributed by atoms with Crippen molar-refractivity contribution in [3.8, 4) is 0 Å². The maximum atomic E-state index is 12.6. The number of fused-ring (bicyclic) bond motifs is 1. The van der Waals surface area contributed by atoms with Crippen molar-refractivity contribution in [2.75, 3.05) is 0 Å². The van der Waals surface area contributed by atoms with Gasteiger partial charge in [-0.1, -0.05) is 17.7 Å². The third-order valence-corrected chi connectivity index (χ3v) is 5.15. The molecule has 0 saturated heterocycles. The summed E-state index contributed by atoms with van der Waals surface area (Å²) in [6.07, 6.45) is 3.19. The van der Waals surface area contributed by atoms with E-state index in [1.54, 1.807) is 29.0 Å². The number of sulfonamides is 1. The van der Waals surface area contributed by atoms with E-state index >= 15 is 0 Å². The maximum Gasteiger partial charge on any atom is 0.486 e. The third-order valence-electron chi connectivity index (χ3n) is 3.50. The number of hydrazone groups is 1. The van der Waals surface area contributed by atoms with Crippen LogP contribution < -0.4 is 5.46 Å². The normalized spacial score (nSPS) is 14.4. The van der Waals surface area contributed by atoms with Gasteiger partial charge in [0.25, 0.3) is 10.0 Å². The maximum absolute atomic E-state index is 12.6. The van der Waals surface area contributed by atoms with E-state index in [2.05, 4.69) is 5.10 Å². The summed E-state index contributed by atoms with van der Waals surface area (Å²) < 4.78 is 27.7. The van der Waals surface area contributed by atoms with Crippen molar-refractivity contribution in [1.82, 2.24) is 8.89 Å². The first kappa shape index (κ1) is 13.9. The second-order valence-corrected chi connectivity index (χ2v) is 6.77. The summed E-state index contributed by atoms with van der Waals surface area (Å²) in [5.74, 6) is 0. The molecular weight excluding hydrogens is 289 g/mol. The molecule has 1 N–H and O–H groups in total. The summed E-state index contributed by atoms with van der Waals surface area (Å²) in [6.45, 7) is 1.88. The molecule has 108 valence electrons. The molecule has 0 atom stereocenters. The van der Waals surface area contributed by atoms with Crippen molar-refractivity contribution in [2.45, 2.75) is 11.8 Å². The van der Waals surface area contributed by atoms with Crippen LogP contribution in [0.5, 0.6) is 0 Å². The molecule has 6 nitrogen and oxygen atoms in total. The minimum Gasteiger partial charge on any atom is -0.427 e. The van der Waals surface area contributed by atoms with Crippen molar-refractivity contribution in [3.63, 3.8) is 0 Å². The fraction of sp³-hybridized carbons (Fsp3) is 0.154. The molecule has 0 fully saturated rings. The zero-order valence-electron chi connectivity index (χ0n) is 11.6. The summed E-state index contributed by atoms with van der Waals surface area (Å²) in [5, 5.41) is 14.2. The Hall–Kier alpha value is -2.06. The van der Waals surface area contributed by atoms with Gasteiger partial charge in [0.1, 0.15) is 0 Å². The lowest BCUT2D eigenvalue weighted by atomic mass is 9.74. The van der Waals surface area contributed by atoms with E-state index in [1.165, 1.54) is 18.3 Å². The highest BCUT2D eigenvalue weighted by Gasteiger charge is 2.39. The van der Waals surface area contributed by atoms with Crippen LogP contribution in [0.25, 0.3) is 0 Å². The first-order valence-electron chi connectivity index (χ1n) is 6.39. The highest BCUT2D eigenvalue weighted by atomic mass is 32.2. The van der Waals surface area contributed by atoms with Crippen LogP contribution in [0.3, 0.4) is 0 Å². The van der Waals surface area contributed by atoms with Crippen molar-refractivity contribution in [3.05, 3.63) is 47.8 Å². The molecule has 0 amide bonds. The van der Waals surface area contributed by atoms with Gasteiger partial charge < -0.3 is 9.59 Å². The van der Waals surface area contributed by atoms with E-state index in [4.69, 9.17) is 0 Å². The van der Waals surface area contributed by atoms with Crippen molar-refractivity contribution in [1.29, 1.82) is 0 Å². The quantitative estimate of drug-likeness (QED) is 0.797. The fourth-order valence-electron chi connectivity index (χ4n) is 2.25. The average Bonchev–Trinajstić information content (AvgIpc) is 2.82. The molecule has 1 aromatic carbocycles. The van der Waals surface area contributed by atoms with Crippen LogP contribution in [0.15, 0.2) is 46.5 Å². The van der Waals surface area contributed by atoms with Gasteiger partial charge in [-0.05, 0) is 25.1 Å². The van der Waals surface area contributed by atoms with Gasteiger partial charge in [-0.15, -0.1) is 0 Å². The molecule has 21 heavy (non-hydrogen) atoms. The molecule has 0 saturated carbocycles. The first-order chi connectivity index (χ1) is 9.91. The van der Waals surface area contributed by atoms with E-state index in [0.717, 1.165) is 9.89 Å². The summed E-state index contributed by atoms with van der Waals surface area (Å²) >= 11 is 0. The largest absolute Gasteiger partial charge is 0.486 e.